The molecule has 0 spiro atoms. The SMILES string of the molecule is COc1ccccc1N1C(N)=NC(N)=NC1c1ccccc1.Cl. The van der Waals surface area contributed by atoms with E-state index in [1.165, 1.54) is 0 Å². The summed E-state index contributed by atoms with van der Waals surface area (Å²) in [5.74, 6) is 1.14. The van der Waals surface area contributed by atoms with Crippen LogP contribution in [0.15, 0.2) is 64.6 Å². The zero-order valence-corrected chi connectivity index (χ0v) is 13.4. The number of methoxy groups -OCH3 is 1. The molecule has 1 aliphatic rings. The van der Waals surface area contributed by atoms with Crippen molar-refractivity contribution in [3.63, 3.8) is 0 Å². The molecule has 1 unspecified atom stereocenters. The Hall–Kier alpha value is -2.73. The number of nitrogens with two attached hydrogens (primary N) is 2. The minimum absolute atomic E-state index is 0. The van der Waals surface area contributed by atoms with Crippen molar-refractivity contribution in [2.45, 2.75) is 6.17 Å². The van der Waals surface area contributed by atoms with Crippen LogP contribution in [0.2, 0.25) is 0 Å². The second kappa shape index (κ2) is 7.02. The number of halogens is 1. The van der Waals surface area contributed by atoms with Crippen LogP contribution >= 0.6 is 12.4 Å². The van der Waals surface area contributed by atoms with E-state index in [4.69, 9.17) is 16.2 Å². The number of ether oxygens (including phenoxy) is 1. The zero-order valence-electron chi connectivity index (χ0n) is 12.6. The van der Waals surface area contributed by atoms with Crippen LogP contribution in [0.1, 0.15) is 11.7 Å². The second-order valence-corrected chi connectivity index (χ2v) is 4.78. The summed E-state index contributed by atoms with van der Waals surface area (Å²) in [7, 11) is 1.62. The van der Waals surface area contributed by atoms with E-state index in [0.717, 1.165) is 11.3 Å². The van der Waals surface area contributed by atoms with Crippen molar-refractivity contribution in [2.24, 2.45) is 21.5 Å². The van der Waals surface area contributed by atoms with E-state index in [9.17, 15) is 0 Å². The Bertz CT molecular complexity index is 732. The summed E-state index contributed by atoms with van der Waals surface area (Å²) in [6.07, 6.45) is -0.380. The molecule has 0 saturated heterocycles. The van der Waals surface area contributed by atoms with Crippen molar-refractivity contribution in [2.75, 3.05) is 12.0 Å². The molecule has 3 rings (SSSR count). The summed E-state index contributed by atoms with van der Waals surface area (Å²) in [6.45, 7) is 0. The number of aliphatic imine (C=N–C) groups is 2. The smallest absolute Gasteiger partial charge is 0.221 e. The van der Waals surface area contributed by atoms with Gasteiger partial charge in [0.25, 0.3) is 0 Å². The van der Waals surface area contributed by atoms with Crippen LogP contribution in [0.4, 0.5) is 5.69 Å². The van der Waals surface area contributed by atoms with Gasteiger partial charge in [0.15, 0.2) is 6.17 Å². The zero-order chi connectivity index (χ0) is 15.5. The van der Waals surface area contributed by atoms with Crippen molar-refractivity contribution in [1.29, 1.82) is 0 Å². The molecule has 1 aliphatic heterocycles. The molecule has 0 amide bonds. The highest BCUT2D eigenvalue weighted by molar-refractivity contribution is 6.05. The van der Waals surface area contributed by atoms with Gasteiger partial charge >= 0.3 is 0 Å². The number of nitrogens with zero attached hydrogens (tertiary/aromatic N) is 3. The summed E-state index contributed by atoms with van der Waals surface area (Å²) < 4.78 is 5.43. The van der Waals surface area contributed by atoms with Gasteiger partial charge in [0, 0.05) is 0 Å². The van der Waals surface area contributed by atoms with Crippen molar-refractivity contribution in [1.82, 2.24) is 0 Å². The maximum Gasteiger partial charge on any atom is 0.221 e. The number of para-hydroxylation sites is 2. The molecule has 0 bridgehead atoms. The monoisotopic (exact) mass is 331 g/mol. The highest BCUT2D eigenvalue weighted by atomic mass is 35.5. The minimum Gasteiger partial charge on any atom is -0.495 e. The van der Waals surface area contributed by atoms with Crippen LogP contribution in [0.3, 0.4) is 0 Å². The number of guanidine groups is 2. The Morgan fingerprint density at radius 3 is 2.35 bits per heavy atom. The van der Waals surface area contributed by atoms with E-state index >= 15 is 0 Å². The van der Waals surface area contributed by atoms with Gasteiger partial charge in [0.05, 0.1) is 12.8 Å². The number of hydrogen-bond acceptors (Lipinski definition) is 6. The first-order valence-corrected chi connectivity index (χ1v) is 6.85. The largest absolute Gasteiger partial charge is 0.495 e. The van der Waals surface area contributed by atoms with E-state index in [1.54, 1.807) is 7.11 Å². The molecule has 23 heavy (non-hydrogen) atoms. The Kier molecular flexibility index (Phi) is 5.08. The fourth-order valence-corrected chi connectivity index (χ4v) is 2.44. The van der Waals surface area contributed by atoms with Gasteiger partial charge in [-0.25, -0.2) is 4.99 Å². The fraction of sp³-hybridized carbons (Fsp3) is 0.125. The lowest BCUT2D eigenvalue weighted by Gasteiger charge is -2.33. The molecule has 0 saturated carbocycles. The van der Waals surface area contributed by atoms with Gasteiger partial charge in [-0.1, -0.05) is 42.5 Å². The molecule has 1 atom stereocenters. The molecule has 2 aromatic rings. The van der Waals surface area contributed by atoms with Crippen molar-refractivity contribution < 1.29 is 4.74 Å². The molecule has 4 N–H and O–H groups in total. The number of hydrogen-bond donors (Lipinski definition) is 2. The normalized spacial score (nSPS) is 16.9. The van der Waals surface area contributed by atoms with E-state index in [1.807, 2.05) is 59.5 Å². The highest BCUT2D eigenvalue weighted by Crippen LogP contribution is 2.35. The highest BCUT2D eigenvalue weighted by Gasteiger charge is 2.29. The topological polar surface area (TPSA) is 89.2 Å². The molecular formula is C16H18ClN5O. The minimum atomic E-state index is -0.380. The molecule has 0 fully saturated rings. The van der Waals surface area contributed by atoms with Crippen LogP contribution in [0, 0.1) is 0 Å². The maximum atomic E-state index is 6.11. The van der Waals surface area contributed by atoms with Crippen molar-refractivity contribution in [3.05, 3.63) is 60.2 Å². The van der Waals surface area contributed by atoms with Gasteiger partial charge in [0.1, 0.15) is 5.75 Å². The number of rotatable bonds is 3. The molecule has 7 heteroatoms. The lowest BCUT2D eigenvalue weighted by Crippen LogP contribution is -2.44. The number of benzene rings is 2. The summed E-state index contributed by atoms with van der Waals surface area (Å²) in [5.41, 5.74) is 13.7. The first kappa shape index (κ1) is 16.6. The van der Waals surface area contributed by atoms with E-state index < -0.39 is 0 Å². The van der Waals surface area contributed by atoms with E-state index in [0.29, 0.717) is 5.75 Å². The van der Waals surface area contributed by atoms with Gasteiger partial charge in [-0.3, -0.25) is 4.90 Å². The van der Waals surface area contributed by atoms with Gasteiger partial charge in [0.2, 0.25) is 11.9 Å². The Labute approximate surface area is 140 Å². The van der Waals surface area contributed by atoms with Crippen LogP contribution < -0.4 is 21.1 Å². The summed E-state index contributed by atoms with van der Waals surface area (Å²) in [6, 6.07) is 17.4. The molecule has 0 aliphatic carbocycles. The molecule has 1 heterocycles. The molecule has 2 aromatic carbocycles. The van der Waals surface area contributed by atoms with Crippen LogP contribution in [-0.4, -0.2) is 19.0 Å². The lowest BCUT2D eigenvalue weighted by molar-refractivity contribution is 0.414. The van der Waals surface area contributed by atoms with Gasteiger partial charge in [-0.2, -0.15) is 4.99 Å². The summed E-state index contributed by atoms with van der Waals surface area (Å²) in [4.78, 5) is 10.3. The second-order valence-electron chi connectivity index (χ2n) is 4.78. The summed E-state index contributed by atoms with van der Waals surface area (Å²) >= 11 is 0. The molecule has 0 radical (unpaired) electrons. The third-order valence-electron chi connectivity index (χ3n) is 3.42. The quantitative estimate of drug-likeness (QED) is 0.902. The van der Waals surface area contributed by atoms with Crippen LogP contribution in [0.5, 0.6) is 5.75 Å². The third kappa shape index (κ3) is 3.22. The Morgan fingerprint density at radius 1 is 1.00 bits per heavy atom. The number of anilines is 1. The first-order valence-electron chi connectivity index (χ1n) is 6.85. The maximum absolute atomic E-state index is 6.11. The van der Waals surface area contributed by atoms with Crippen molar-refractivity contribution in [3.8, 4) is 5.75 Å². The lowest BCUT2D eigenvalue weighted by atomic mass is 10.1. The van der Waals surface area contributed by atoms with Gasteiger partial charge in [-0.15, -0.1) is 12.4 Å². The predicted octanol–water partition coefficient (Wildman–Crippen LogP) is 2.27. The third-order valence-corrected chi connectivity index (χ3v) is 3.42. The van der Waals surface area contributed by atoms with Gasteiger partial charge in [-0.05, 0) is 17.7 Å². The van der Waals surface area contributed by atoms with Crippen LogP contribution in [-0.2, 0) is 0 Å². The van der Waals surface area contributed by atoms with Crippen molar-refractivity contribution >= 4 is 30.0 Å². The Balaban J connectivity index is 0.00000192. The Morgan fingerprint density at radius 2 is 1.65 bits per heavy atom. The standard InChI is InChI=1S/C16H17N5O.ClH/c1-22-13-10-6-5-9-12(13)21-14(11-7-3-2-4-8-11)19-15(17)20-16(21)18;/h2-10,14H,1H3,(H4,17,18,19,20);1H. The van der Waals surface area contributed by atoms with E-state index in [-0.39, 0.29) is 30.5 Å². The molecule has 0 aromatic heterocycles. The van der Waals surface area contributed by atoms with E-state index in [2.05, 4.69) is 9.98 Å². The molecule has 120 valence electrons. The average molecular weight is 332 g/mol. The molecule has 6 nitrogen and oxygen atoms in total. The van der Waals surface area contributed by atoms with Crippen LogP contribution in [0.25, 0.3) is 0 Å². The fourth-order valence-electron chi connectivity index (χ4n) is 2.44. The first-order chi connectivity index (χ1) is 10.7. The predicted molar refractivity (Wildman–Crippen MR) is 95.1 cm³/mol. The molecular weight excluding hydrogens is 314 g/mol. The van der Waals surface area contributed by atoms with Gasteiger partial charge < -0.3 is 16.2 Å². The average Bonchev–Trinajstić information content (AvgIpc) is 2.55. The summed E-state index contributed by atoms with van der Waals surface area (Å²) in [5, 5.41) is 0.